The maximum absolute atomic E-state index is 13.9. The largest absolute Gasteiger partial charge is 0.465 e. The second kappa shape index (κ2) is 14.1. The molecule has 1 fully saturated rings. The van der Waals surface area contributed by atoms with Gasteiger partial charge in [-0.1, -0.05) is 58.3 Å². The number of carbonyl (C=O) groups excluding carboxylic acids is 4. The van der Waals surface area contributed by atoms with Crippen molar-refractivity contribution in [3.8, 4) is 0 Å². The highest BCUT2D eigenvalue weighted by atomic mass is 28.3. The van der Waals surface area contributed by atoms with Gasteiger partial charge in [0.2, 0.25) is 0 Å². The average Bonchev–Trinajstić information content (AvgIpc) is 2.87. The van der Waals surface area contributed by atoms with Crippen LogP contribution in [0.15, 0.2) is 0 Å². The Labute approximate surface area is 218 Å². The molecule has 9 heteroatoms. The number of ether oxygens (including phenoxy) is 4. The van der Waals surface area contributed by atoms with Crippen LogP contribution in [0.3, 0.4) is 0 Å². The van der Waals surface area contributed by atoms with Crippen LogP contribution >= 0.6 is 0 Å². The van der Waals surface area contributed by atoms with Crippen LogP contribution in [-0.4, -0.2) is 58.4 Å². The summed E-state index contributed by atoms with van der Waals surface area (Å²) in [5.41, 5.74) is -4.35. The Morgan fingerprint density at radius 1 is 0.583 bits per heavy atom. The number of hydrogen-bond donors (Lipinski definition) is 0. The van der Waals surface area contributed by atoms with E-state index in [1.165, 1.54) is 0 Å². The van der Waals surface area contributed by atoms with Crippen molar-refractivity contribution >= 4 is 32.0 Å². The van der Waals surface area contributed by atoms with Crippen molar-refractivity contribution in [3.63, 3.8) is 0 Å². The van der Waals surface area contributed by atoms with Crippen LogP contribution in [0.1, 0.15) is 74.7 Å². The van der Waals surface area contributed by atoms with Gasteiger partial charge in [-0.25, -0.2) is 0 Å². The molecule has 1 rings (SSSR count). The third kappa shape index (κ3) is 5.81. The van der Waals surface area contributed by atoms with Crippen LogP contribution in [0, 0.1) is 22.7 Å². The van der Waals surface area contributed by atoms with Crippen molar-refractivity contribution in [2.45, 2.75) is 98.8 Å². The van der Waals surface area contributed by atoms with Crippen molar-refractivity contribution < 1.29 is 38.1 Å². The van der Waals surface area contributed by atoms with Gasteiger partial charge in [0.05, 0.1) is 34.5 Å². The zero-order valence-electron chi connectivity index (χ0n) is 23.7. The van der Waals surface area contributed by atoms with E-state index in [0.29, 0.717) is 6.42 Å². The first-order valence-corrected chi connectivity index (χ1v) is 16.6. The molecule has 1 aliphatic carbocycles. The molecule has 2 atom stereocenters. The van der Waals surface area contributed by atoms with Gasteiger partial charge in [-0.2, -0.15) is 0 Å². The van der Waals surface area contributed by atoms with Crippen LogP contribution in [0.2, 0.25) is 24.2 Å². The first kappa shape index (κ1) is 32.1. The molecule has 0 heterocycles. The topological polar surface area (TPSA) is 105 Å². The molecule has 208 valence electrons. The number of rotatable bonds is 14. The molecule has 0 spiro atoms. The second-order valence-corrected chi connectivity index (χ2v) is 15.3. The third-order valence-corrected chi connectivity index (χ3v) is 14.4. The van der Waals surface area contributed by atoms with E-state index in [4.69, 9.17) is 18.9 Å². The van der Waals surface area contributed by atoms with Gasteiger partial charge in [0, 0.05) is 0 Å². The van der Waals surface area contributed by atoms with Crippen molar-refractivity contribution in [2.24, 2.45) is 22.7 Å². The summed E-state index contributed by atoms with van der Waals surface area (Å²) < 4.78 is 21.7. The van der Waals surface area contributed by atoms with Gasteiger partial charge >= 0.3 is 23.9 Å². The summed E-state index contributed by atoms with van der Waals surface area (Å²) >= 11 is 0. The lowest BCUT2D eigenvalue weighted by Gasteiger charge is -2.52. The monoisotopic (exact) mass is 528 g/mol. The molecule has 0 aromatic rings. The highest BCUT2D eigenvalue weighted by molar-refractivity contribution is 6.79. The first-order valence-electron chi connectivity index (χ1n) is 13.8. The van der Waals surface area contributed by atoms with Gasteiger partial charge in [0.25, 0.3) is 0 Å². The summed E-state index contributed by atoms with van der Waals surface area (Å²) in [5.74, 6) is -3.81. The van der Waals surface area contributed by atoms with Crippen LogP contribution in [0.25, 0.3) is 0 Å². The quantitative estimate of drug-likeness (QED) is 0.132. The van der Waals surface area contributed by atoms with Gasteiger partial charge in [0.15, 0.2) is 10.8 Å². The molecule has 0 radical (unpaired) electrons. The SMILES string of the molecule is CCOC(=O)C1(C(=O)OCC)C[C@@H](CC)[C@H](C[Si](CC)(CC)CC)CC1(C(=O)OCC)C(=O)OCC. The molecule has 8 nitrogen and oxygen atoms in total. The van der Waals surface area contributed by atoms with Gasteiger partial charge < -0.3 is 18.9 Å². The summed E-state index contributed by atoms with van der Waals surface area (Å²) in [6.45, 7) is 15.1. The zero-order valence-corrected chi connectivity index (χ0v) is 24.7. The number of esters is 4. The minimum atomic E-state index is -2.18. The van der Waals surface area contributed by atoms with Crippen LogP contribution in [-0.2, 0) is 38.1 Å². The minimum Gasteiger partial charge on any atom is -0.465 e. The zero-order chi connectivity index (χ0) is 27.6. The summed E-state index contributed by atoms with van der Waals surface area (Å²) in [6, 6.07) is 4.15. The van der Waals surface area contributed by atoms with E-state index in [9.17, 15) is 19.2 Å². The molecule has 0 aromatic carbocycles. The smallest absolute Gasteiger partial charge is 0.325 e. The molecule has 36 heavy (non-hydrogen) atoms. The van der Waals surface area contributed by atoms with E-state index in [-0.39, 0.29) is 51.1 Å². The van der Waals surface area contributed by atoms with Crippen LogP contribution < -0.4 is 0 Å². The van der Waals surface area contributed by atoms with E-state index < -0.39 is 42.8 Å². The fourth-order valence-electron chi connectivity index (χ4n) is 6.14. The Hall–Kier alpha value is -1.90. The molecule has 0 aliphatic heterocycles. The van der Waals surface area contributed by atoms with E-state index in [1.807, 2.05) is 6.92 Å². The van der Waals surface area contributed by atoms with E-state index in [0.717, 1.165) is 24.2 Å². The minimum absolute atomic E-state index is 0.00441. The third-order valence-electron chi connectivity index (χ3n) is 8.50. The maximum Gasteiger partial charge on any atom is 0.325 e. The number of hydrogen-bond acceptors (Lipinski definition) is 8. The molecule has 0 saturated heterocycles. The van der Waals surface area contributed by atoms with E-state index >= 15 is 0 Å². The van der Waals surface area contributed by atoms with Crippen LogP contribution in [0.5, 0.6) is 0 Å². The molecule has 0 bridgehead atoms. The summed E-state index contributed by atoms with van der Waals surface area (Å²) in [6.07, 6.45) is 0.662. The van der Waals surface area contributed by atoms with Gasteiger partial charge in [0.1, 0.15) is 0 Å². The second-order valence-electron chi connectivity index (χ2n) is 9.79. The maximum atomic E-state index is 13.9. The lowest BCUT2D eigenvalue weighted by atomic mass is 9.50. The highest BCUT2D eigenvalue weighted by Gasteiger charge is 2.76. The lowest BCUT2D eigenvalue weighted by molar-refractivity contribution is -0.213. The molecule has 0 amide bonds. The normalized spacial score (nSPS) is 20.8. The van der Waals surface area contributed by atoms with Crippen molar-refractivity contribution in [1.82, 2.24) is 0 Å². The molecular weight excluding hydrogens is 480 g/mol. The Bertz CT molecular complexity index is 717. The van der Waals surface area contributed by atoms with Crippen molar-refractivity contribution in [1.29, 1.82) is 0 Å². The van der Waals surface area contributed by atoms with Crippen molar-refractivity contribution in [2.75, 3.05) is 26.4 Å². The standard InChI is InChI=1S/C27H48O8Si/c1-9-20-17-26(22(28)32-10-2,23(29)33-11-3)27(24(30)34-12-4,25(31)35-13-5)18-21(20)19-36(14-6,15-7)16-8/h20-21H,9-19H2,1-8H3/t20-,21+/m1/s1. The molecule has 0 unspecified atom stereocenters. The van der Waals surface area contributed by atoms with E-state index in [1.54, 1.807) is 27.7 Å². The van der Waals surface area contributed by atoms with Crippen LogP contribution in [0.4, 0.5) is 0 Å². The predicted octanol–water partition coefficient (Wildman–Crippen LogP) is 5.16. The summed E-state index contributed by atoms with van der Waals surface area (Å²) in [7, 11) is -1.70. The molecule has 0 N–H and O–H groups in total. The first-order chi connectivity index (χ1) is 17.1. The summed E-state index contributed by atoms with van der Waals surface area (Å²) in [5, 5.41) is 0. The lowest BCUT2D eigenvalue weighted by Crippen LogP contribution is -2.67. The average molecular weight is 529 g/mol. The highest BCUT2D eigenvalue weighted by Crippen LogP contribution is 2.60. The van der Waals surface area contributed by atoms with Gasteiger partial charge in [-0.3, -0.25) is 19.2 Å². The Kier molecular flexibility index (Phi) is 12.6. The molecule has 1 saturated carbocycles. The fraction of sp³-hybridized carbons (Fsp3) is 0.852. The molecule has 1 aliphatic rings. The van der Waals surface area contributed by atoms with Gasteiger partial charge in [-0.15, -0.1) is 0 Å². The number of carbonyl (C=O) groups is 4. The fourth-order valence-corrected chi connectivity index (χ4v) is 10.1. The molecular formula is C27H48O8Si. The Morgan fingerprint density at radius 2 is 0.889 bits per heavy atom. The Morgan fingerprint density at radius 3 is 1.14 bits per heavy atom. The Balaban J connectivity index is 4.02. The molecule has 0 aromatic heterocycles. The van der Waals surface area contributed by atoms with E-state index in [2.05, 4.69) is 20.8 Å². The van der Waals surface area contributed by atoms with Crippen molar-refractivity contribution in [3.05, 3.63) is 0 Å². The van der Waals surface area contributed by atoms with Gasteiger partial charge in [-0.05, 0) is 52.4 Å². The predicted molar refractivity (Wildman–Crippen MR) is 140 cm³/mol. The summed E-state index contributed by atoms with van der Waals surface area (Å²) in [4.78, 5) is 55.2.